The van der Waals surface area contributed by atoms with Gasteiger partial charge in [-0.3, -0.25) is 4.90 Å². The second-order valence-electron chi connectivity index (χ2n) is 10.3. The van der Waals surface area contributed by atoms with Crippen LogP contribution >= 0.6 is 0 Å². The first-order valence-electron chi connectivity index (χ1n) is 14.2. The quantitative estimate of drug-likeness (QED) is 0.195. The number of benzene rings is 4. The Kier molecular flexibility index (Phi) is 9.07. The predicted octanol–water partition coefficient (Wildman–Crippen LogP) is 7.55. The van der Waals surface area contributed by atoms with Gasteiger partial charge in [0.1, 0.15) is 18.1 Å². The second-order valence-corrected chi connectivity index (χ2v) is 10.3. The van der Waals surface area contributed by atoms with Crippen LogP contribution in [0.2, 0.25) is 0 Å². The summed E-state index contributed by atoms with van der Waals surface area (Å²) >= 11 is 0. The summed E-state index contributed by atoms with van der Waals surface area (Å²) in [5, 5.41) is 2.26. The zero-order valence-electron chi connectivity index (χ0n) is 23.8. The van der Waals surface area contributed by atoms with Gasteiger partial charge in [-0.15, -0.1) is 0 Å². The molecule has 4 aromatic rings. The lowest BCUT2D eigenvalue weighted by atomic mass is 9.98. The minimum atomic E-state index is -0.317. The van der Waals surface area contributed by atoms with Crippen molar-refractivity contribution in [1.29, 1.82) is 0 Å². The average molecular weight is 543 g/mol. The van der Waals surface area contributed by atoms with E-state index in [0.717, 1.165) is 70.8 Å². The molecule has 0 atom stereocenters. The minimum Gasteiger partial charge on any atom is -0.497 e. The summed E-state index contributed by atoms with van der Waals surface area (Å²) in [4.78, 5) is 4.65. The number of piperidine rings is 1. The fraction of sp³-hybridized carbons (Fsp3) is 0.353. The van der Waals surface area contributed by atoms with Crippen LogP contribution in [0.25, 0.3) is 21.9 Å². The van der Waals surface area contributed by atoms with Gasteiger partial charge in [-0.2, -0.15) is 0 Å². The number of hydrogen-bond acceptors (Lipinski definition) is 5. The van der Waals surface area contributed by atoms with Crippen LogP contribution in [0.15, 0.2) is 72.8 Å². The highest BCUT2D eigenvalue weighted by atomic mass is 19.1. The van der Waals surface area contributed by atoms with Crippen molar-refractivity contribution >= 4 is 16.5 Å². The third-order valence-corrected chi connectivity index (χ3v) is 7.77. The number of hydrogen-bond donors (Lipinski definition) is 0. The zero-order valence-corrected chi connectivity index (χ0v) is 23.8. The Bertz CT molecular complexity index is 1430. The highest BCUT2D eigenvalue weighted by molar-refractivity contribution is 5.91. The molecule has 1 aliphatic heterocycles. The molecule has 1 saturated heterocycles. The lowest BCUT2D eigenvalue weighted by Gasteiger charge is -2.27. The molecule has 210 valence electrons. The van der Waals surface area contributed by atoms with Crippen LogP contribution in [0.1, 0.15) is 31.7 Å². The van der Waals surface area contributed by atoms with Crippen LogP contribution in [0.3, 0.4) is 0 Å². The Hall–Kier alpha value is -3.77. The van der Waals surface area contributed by atoms with Crippen molar-refractivity contribution in [2.45, 2.75) is 32.7 Å². The van der Waals surface area contributed by atoms with E-state index in [-0.39, 0.29) is 5.82 Å². The highest BCUT2D eigenvalue weighted by Crippen LogP contribution is 2.37. The van der Waals surface area contributed by atoms with Gasteiger partial charge in [-0.1, -0.05) is 30.7 Å². The van der Waals surface area contributed by atoms with Crippen LogP contribution in [0, 0.1) is 5.82 Å². The molecule has 0 saturated carbocycles. The van der Waals surface area contributed by atoms with Gasteiger partial charge in [-0.05, 0) is 97.2 Å². The van der Waals surface area contributed by atoms with E-state index in [1.807, 2.05) is 24.3 Å². The van der Waals surface area contributed by atoms with Crippen LogP contribution in [-0.4, -0.2) is 51.9 Å². The molecule has 0 spiro atoms. The Morgan fingerprint density at radius 2 is 1.52 bits per heavy atom. The van der Waals surface area contributed by atoms with Crippen molar-refractivity contribution in [1.82, 2.24) is 4.90 Å². The summed E-state index contributed by atoms with van der Waals surface area (Å²) in [6, 6.07) is 24.0. The van der Waals surface area contributed by atoms with Gasteiger partial charge in [0.15, 0.2) is 11.6 Å². The van der Waals surface area contributed by atoms with E-state index >= 15 is 4.39 Å². The molecule has 0 aliphatic carbocycles. The first-order valence-corrected chi connectivity index (χ1v) is 14.2. The maximum atomic E-state index is 15.1. The smallest absolute Gasteiger partial charge is 0.165 e. The third-order valence-electron chi connectivity index (χ3n) is 7.77. The van der Waals surface area contributed by atoms with Gasteiger partial charge in [0, 0.05) is 37.0 Å². The largest absolute Gasteiger partial charge is 0.497 e. The molecule has 1 fully saturated rings. The predicted molar refractivity (Wildman–Crippen MR) is 161 cm³/mol. The number of methoxy groups -OCH3 is 2. The van der Waals surface area contributed by atoms with E-state index in [1.54, 1.807) is 26.4 Å². The summed E-state index contributed by atoms with van der Waals surface area (Å²) in [5.41, 5.74) is 4.13. The van der Waals surface area contributed by atoms with E-state index in [9.17, 15) is 0 Å². The fourth-order valence-corrected chi connectivity index (χ4v) is 5.48. The molecule has 1 heterocycles. The highest BCUT2D eigenvalue weighted by Gasteiger charge is 2.16. The third kappa shape index (κ3) is 6.50. The topological polar surface area (TPSA) is 34.2 Å². The molecule has 5 rings (SSSR count). The lowest BCUT2D eigenvalue weighted by Crippen LogP contribution is -2.33. The van der Waals surface area contributed by atoms with Gasteiger partial charge >= 0.3 is 0 Å². The standard InChI is InChI=1S/C34H39FN2O3/c1-4-37(24-25-8-15-34(32(35)20-25)40-19-18-36-16-6-5-7-17-36)33-23-30(39-3)13-14-31(33)28-10-9-27-22-29(38-2)12-11-26(27)21-28/h8-15,20-23H,4-7,16-19,24H2,1-3H3. The molecule has 6 heteroatoms. The SMILES string of the molecule is CCN(Cc1ccc(OCCN2CCCCC2)c(F)c1)c1cc(OC)ccc1-c1ccc2cc(OC)ccc2c1. The summed E-state index contributed by atoms with van der Waals surface area (Å²) in [7, 11) is 3.36. The van der Waals surface area contributed by atoms with Gasteiger partial charge in [0.25, 0.3) is 0 Å². The average Bonchev–Trinajstić information content (AvgIpc) is 3.00. The van der Waals surface area contributed by atoms with Crippen LogP contribution in [0.5, 0.6) is 17.2 Å². The summed E-state index contributed by atoms with van der Waals surface area (Å²) in [6.45, 7) is 6.99. The molecule has 1 aliphatic rings. The molecular formula is C34H39FN2O3. The second kappa shape index (κ2) is 13.1. The maximum absolute atomic E-state index is 15.1. The molecule has 0 radical (unpaired) electrons. The molecule has 40 heavy (non-hydrogen) atoms. The Morgan fingerprint density at radius 1 is 0.800 bits per heavy atom. The van der Waals surface area contributed by atoms with E-state index in [4.69, 9.17) is 14.2 Å². The summed E-state index contributed by atoms with van der Waals surface area (Å²) < 4.78 is 31.8. The number of halogens is 1. The van der Waals surface area contributed by atoms with E-state index in [2.05, 4.69) is 53.1 Å². The van der Waals surface area contributed by atoms with E-state index in [1.165, 1.54) is 19.3 Å². The van der Waals surface area contributed by atoms with E-state index in [0.29, 0.717) is 18.9 Å². The molecule has 0 N–H and O–H groups in total. The maximum Gasteiger partial charge on any atom is 0.165 e. The number of anilines is 1. The molecule has 0 amide bonds. The monoisotopic (exact) mass is 542 g/mol. The van der Waals surface area contributed by atoms with Crippen molar-refractivity contribution in [3.05, 3.63) is 84.2 Å². The normalized spacial score (nSPS) is 13.8. The molecule has 5 nitrogen and oxygen atoms in total. The number of fused-ring (bicyclic) bond motifs is 1. The van der Waals surface area contributed by atoms with Gasteiger partial charge in [0.05, 0.1) is 14.2 Å². The molecule has 0 aromatic heterocycles. The zero-order chi connectivity index (χ0) is 27.9. The van der Waals surface area contributed by atoms with Crippen LogP contribution in [-0.2, 0) is 6.54 Å². The number of nitrogens with zero attached hydrogens (tertiary/aromatic N) is 2. The number of likely N-dealkylation sites (tertiary alicyclic amines) is 1. The number of ether oxygens (including phenoxy) is 3. The van der Waals surface area contributed by atoms with Crippen molar-refractivity contribution in [2.24, 2.45) is 0 Å². The first kappa shape index (κ1) is 27.8. The van der Waals surface area contributed by atoms with Crippen molar-refractivity contribution < 1.29 is 18.6 Å². The van der Waals surface area contributed by atoms with Crippen LogP contribution < -0.4 is 19.1 Å². The Morgan fingerprint density at radius 3 is 2.27 bits per heavy atom. The van der Waals surface area contributed by atoms with Crippen LogP contribution in [0.4, 0.5) is 10.1 Å². The first-order chi connectivity index (χ1) is 19.6. The minimum absolute atomic E-state index is 0.317. The molecule has 0 bridgehead atoms. The molecule has 0 unspecified atom stereocenters. The van der Waals surface area contributed by atoms with Gasteiger partial charge < -0.3 is 19.1 Å². The summed E-state index contributed by atoms with van der Waals surface area (Å²) in [6.07, 6.45) is 3.78. The van der Waals surface area contributed by atoms with E-state index < -0.39 is 0 Å². The van der Waals surface area contributed by atoms with Crippen molar-refractivity contribution in [2.75, 3.05) is 51.9 Å². The Labute approximate surface area is 237 Å². The van der Waals surface area contributed by atoms with Crippen molar-refractivity contribution in [3.8, 4) is 28.4 Å². The van der Waals surface area contributed by atoms with Crippen molar-refractivity contribution in [3.63, 3.8) is 0 Å². The lowest BCUT2D eigenvalue weighted by molar-refractivity contribution is 0.180. The Balaban J connectivity index is 1.36. The molecular weight excluding hydrogens is 503 g/mol. The fourth-order valence-electron chi connectivity index (χ4n) is 5.48. The van der Waals surface area contributed by atoms with Gasteiger partial charge in [-0.25, -0.2) is 4.39 Å². The van der Waals surface area contributed by atoms with Gasteiger partial charge in [0.2, 0.25) is 0 Å². The number of rotatable bonds is 11. The summed E-state index contributed by atoms with van der Waals surface area (Å²) in [5.74, 6) is 1.63. The molecule has 4 aromatic carbocycles.